The smallest absolute Gasteiger partial charge is 0.342 e. The third kappa shape index (κ3) is 3.06. The molecule has 2 N–H and O–H groups in total. The molecule has 0 amide bonds. The van der Waals surface area contributed by atoms with Crippen LogP contribution in [0.3, 0.4) is 0 Å². The Balaban J connectivity index is 1.99. The average molecular weight is 308 g/mol. The van der Waals surface area contributed by atoms with Gasteiger partial charge in [0.1, 0.15) is 11.4 Å². The first-order valence-electron chi connectivity index (χ1n) is 7.80. The summed E-state index contributed by atoms with van der Waals surface area (Å²) >= 11 is 0. The van der Waals surface area contributed by atoms with Crippen LogP contribution in [0.5, 0.6) is 0 Å². The molecular formula is C19H20N2O2. The highest BCUT2D eigenvalue weighted by Crippen LogP contribution is 2.29. The number of carbonyl (C=O) groups excluding carboxylic acids is 1. The van der Waals surface area contributed by atoms with E-state index in [9.17, 15) is 4.79 Å². The second-order valence-corrected chi connectivity index (χ2v) is 5.42. The minimum atomic E-state index is -0.312. The minimum Gasteiger partial charge on any atom is -0.462 e. The molecule has 3 rings (SSSR count). The van der Waals surface area contributed by atoms with Gasteiger partial charge >= 0.3 is 5.97 Å². The summed E-state index contributed by atoms with van der Waals surface area (Å²) in [4.78, 5) is 15.7. The van der Waals surface area contributed by atoms with Crippen molar-refractivity contribution in [3.63, 3.8) is 0 Å². The monoisotopic (exact) mass is 308 g/mol. The largest absolute Gasteiger partial charge is 0.462 e. The number of hydrogen-bond donors (Lipinski definition) is 2. The van der Waals surface area contributed by atoms with Crippen LogP contribution in [0.25, 0.3) is 10.9 Å². The van der Waals surface area contributed by atoms with Gasteiger partial charge in [0.2, 0.25) is 0 Å². The van der Waals surface area contributed by atoms with E-state index in [4.69, 9.17) is 4.74 Å². The average Bonchev–Trinajstić information content (AvgIpc) is 2.93. The van der Waals surface area contributed by atoms with Crippen molar-refractivity contribution in [2.75, 3.05) is 11.9 Å². The molecule has 23 heavy (non-hydrogen) atoms. The Morgan fingerprint density at radius 1 is 1.13 bits per heavy atom. The molecule has 0 aliphatic rings. The van der Waals surface area contributed by atoms with Gasteiger partial charge in [-0.3, -0.25) is 0 Å². The molecule has 1 aromatic heterocycles. The number of anilines is 1. The Bertz CT molecular complexity index is 809. The molecular weight excluding hydrogens is 288 g/mol. The van der Waals surface area contributed by atoms with E-state index in [2.05, 4.69) is 29.4 Å². The number of carbonyl (C=O) groups is 1. The number of hydrogen-bond acceptors (Lipinski definition) is 3. The third-order valence-electron chi connectivity index (χ3n) is 3.85. The standard InChI is InChI=1S/C19H20N2O2/c1-3-23-19(22)17-15-11-7-8-12-16(15)21-18(17)20-13(2)14-9-5-4-6-10-14/h4-13,20-21H,3H2,1-2H3. The second-order valence-electron chi connectivity index (χ2n) is 5.42. The van der Waals surface area contributed by atoms with Crippen LogP contribution >= 0.6 is 0 Å². The van der Waals surface area contributed by atoms with Crippen molar-refractivity contribution in [1.82, 2.24) is 4.98 Å². The van der Waals surface area contributed by atoms with E-state index in [1.54, 1.807) is 0 Å². The van der Waals surface area contributed by atoms with Crippen molar-refractivity contribution < 1.29 is 9.53 Å². The van der Waals surface area contributed by atoms with E-state index in [1.807, 2.05) is 49.4 Å². The number of para-hydroxylation sites is 1. The molecule has 0 bridgehead atoms. The van der Waals surface area contributed by atoms with E-state index in [1.165, 1.54) is 0 Å². The molecule has 0 saturated heterocycles. The van der Waals surface area contributed by atoms with Crippen molar-refractivity contribution in [2.24, 2.45) is 0 Å². The molecule has 0 fully saturated rings. The van der Waals surface area contributed by atoms with Gasteiger partial charge in [0.25, 0.3) is 0 Å². The lowest BCUT2D eigenvalue weighted by Gasteiger charge is -2.15. The number of fused-ring (bicyclic) bond motifs is 1. The summed E-state index contributed by atoms with van der Waals surface area (Å²) in [7, 11) is 0. The fourth-order valence-corrected chi connectivity index (χ4v) is 2.71. The zero-order valence-corrected chi connectivity index (χ0v) is 13.3. The summed E-state index contributed by atoms with van der Waals surface area (Å²) in [6, 6.07) is 17.9. The summed E-state index contributed by atoms with van der Waals surface area (Å²) in [5, 5.41) is 4.27. The van der Waals surface area contributed by atoms with Crippen molar-refractivity contribution in [2.45, 2.75) is 19.9 Å². The van der Waals surface area contributed by atoms with E-state index >= 15 is 0 Å². The van der Waals surface area contributed by atoms with Crippen molar-refractivity contribution >= 4 is 22.7 Å². The molecule has 118 valence electrons. The summed E-state index contributed by atoms with van der Waals surface area (Å²) in [5.74, 6) is 0.383. The summed E-state index contributed by atoms with van der Waals surface area (Å²) < 4.78 is 5.22. The van der Waals surface area contributed by atoms with Gasteiger partial charge in [-0.2, -0.15) is 0 Å². The fraction of sp³-hybridized carbons (Fsp3) is 0.211. The van der Waals surface area contributed by atoms with Crippen molar-refractivity contribution in [3.8, 4) is 0 Å². The highest BCUT2D eigenvalue weighted by Gasteiger charge is 2.20. The first-order valence-corrected chi connectivity index (χ1v) is 7.80. The van der Waals surface area contributed by atoms with Gasteiger partial charge in [-0.05, 0) is 25.5 Å². The number of H-pyrrole nitrogens is 1. The van der Waals surface area contributed by atoms with Crippen molar-refractivity contribution in [1.29, 1.82) is 0 Å². The zero-order chi connectivity index (χ0) is 16.2. The molecule has 0 radical (unpaired) electrons. The van der Waals surface area contributed by atoms with Gasteiger partial charge in [-0.25, -0.2) is 4.79 Å². The van der Waals surface area contributed by atoms with Crippen LogP contribution in [-0.2, 0) is 4.74 Å². The molecule has 0 aliphatic carbocycles. The Hall–Kier alpha value is -2.75. The predicted molar refractivity (Wildman–Crippen MR) is 92.7 cm³/mol. The molecule has 4 heteroatoms. The van der Waals surface area contributed by atoms with Crippen LogP contribution in [0.15, 0.2) is 54.6 Å². The number of rotatable bonds is 5. The lowest BCUT2D eigenvalue weighted by atomic mass is 10.1. The van der Waals surface area contributed by atoms with E-state index in [0.717, 1.165) is 16.5 Å². The third-order valence-corrected chi connectivity index (χ3v) is 3.85. The first kappa shape index (κ1) is 15.2. The Morgan fingerprint density at radius 3 is 2.57 bits per heavy atom. The maximum atomic E-state index is 12.4. The lowest BCUT2D eigenvalue weighted by Crippen LogP contribution is -2.12. The van der Waals surface area contributed by atoms with Gasteiger partial charge in [-0.1, -0.05) is 48.5 Å². The normalized spacial score (nSPS) is 12.1. The Labute approximate surface area is 135 Å². The number of nitrogens with one attached hydrogen (secondary N) is 2. The highest BCUT2D eigenvalue weighted by molar-refractivity contribution is 6.09. The molecule has 4 nitrogen and oxygen atoms in total. The number of benzene rings is 2. The topological polar surface area (TPSA) is 54.1 Å². The Morgan fingerprint density at radius 2 is 1.83 bits per heavy atom. The highest BCUT2D eigenvalue weighted by atomic mass is 16.5. The van der Waals surface area contributed by atoms with Gasteiger partial charge < -0.3 is 15.0 Å². The quantitative estimate of drug-likeness (QED) is 0.681. The van der Waals surface area contributed by atoms with Crippen molar-refractivity contribution in [3.05, 3.63) is 65.7 Å². The molecule has 0 saturated carbocycles. The van der Waals surface area contributed by atoms with E-state index < -0.39 is 0 Å². The van der Waals surface area contributed by atoms with Gasteiger partial charge in [0.05, 0.1) is 6.61 Å². The van der Waals surface area contributed by atoms with Gasteiger partial charge in [0, 0.05) is 16.9 Å². The predicted octanol–water partition coefficient (Wildman–Crippen LogP) is 4.52. The molecule has 3 aromatic rings. The number of esters is 1. The van der Waals surface area contributed by atoms with E-state index in [-0.39, 0.29) is 12.0 Å². The van der Waals surface area contributed by atoms with Crippen LogP contribution < -0.4 is 5.32 Å². The minimum absolute atomic E-state index is 0.0671. The maximum absolute atomic E-state index is 12.4. The molecule has 1 atom stereocenters. The van der Waals surface area contributed by atoms with Crippen LogP contribution in [0.1, 0.15) is 35.8 Å². The second kappa shape index (κ2) is 6.57. The fourth-order valence-electron chi connectivity index (χ4n) is 2.71. The Kier molecular flexibility index (Phi) is 4.33. The van der Waals surface area contributed by atoms with Crippen LogP contribution in [0.4, 0.5) is 5.82 Å². The number of aromatic nitrogens is 1. The molecule has 1 unspecified atom stereocenters. The number of aromatic amines is 1. The van der Waals surface area contributed by atoms with E-state index in [0.29, 0.717) is 18.0 Å². The van der Waals surface area contributed by atoms with Gasteiger partial charge in [-0.15, -0.1) is 0 Å². The van der Waals surface area contributed by atoms with Crippen LogP contribution in [-0.4, -0.2) is 17.6 Å². The zero-order valence-electron chi connectivity index (χ0n) is 13.3. The maximum Gasteiger partial charge on any atom is 0.342 e. The summed E-state index contributed by atoms with van der Waals surface area (Å²) in [6.45, 7) is 4.23. The molecule has 0 aliphatic heterocycles. The lowest BCUT2D eigenvalue weighted by molar-refractivity contribution is 0.0530. The summed E-state index contributed by atoms with van der Waals surface area (Å²) in [6.07, 6.45) is 0. The number of ether oxygens (including phenoxy) is 1. The molecule has 2 aromatic carbocycles. The molecule has 0 spiro atoms. The molecule has 1 heterocycles. The SMILES string of the molecule is CCOC(=O)c1c(NC(C)c2ccccc2)[nH]c2ccccc12. The van der Waals surface area contributed by atoms with Crippen LogP contribution in [0.2, 0.25) is 0 Å². The van der Waals surface area contributed by atoms with Gasteiger partial charge in [0.15, 0.2) is 0 Å². The first-order chi connectivity index (χ1) is 11.2. The summed E-state index contributed by atoms with van der Waals surface area (Å²) in [5.41, 5.74) is 2.63. The van der Waals surface area contributed by atoms with Crippen LogP contribution in [0, 0.1) is 0 Å².